The van der Waals surface area contributed by atoms with Crippen LogP contribution in [0.5, 0.6) is 0 Å². The van der Waals surface area contributed by atoms with Gasteiger partial charge in [-0.15, -0.1) is 90.7 Å². The Morgan fingerprint density at radius 3 is 1.12 bits per heavy atom. The van der Waals surface area contributed by atoms with Crippen molar-refractivity contribution in [1.29, 1.82) is 0 Å². The van der Waals surface area contributed by atoms with Gasteiger partial charge in [-0.3, -0.25) is 28.8 Å². The summed E-state index contributed by atoms with van der Waals surface area (Å²) < 4.78 is 0. The maximum Gasteiger partial charge on any atom is 0.269 e. The van der Waals surface area contributed by atoms with Gasteiger partial charge >= 0.3 is 0 Å². The summed E-state index contributed by atoms with van der Waals surface area (Å²) >= 11 is 13.7. The van der Waals surface area contributed by atoms with Gasteiger partial charge in [0.25, 0.3) is 35.4 Å². The summed E-state index contributed by atoms with van der Waals surface area (Å²) in [7, 11) is 0. The summed E-state index contributed by atoms with van der Waals surface area (Å²) in [5.74, 6) is 0.761. The van der Waals surface area contributed by atoms with Crippen molar-refractivity contribution in [3.05, 3.63) is 279 Å². The van der Waals surface area contributed by atoms with Crippen molar-refractivity contribution in [1.82, 2.24) is 35.2 Å². The quantitative estimate of drug-likeness (QED) is 0.0386. The van der Waals surface area contributed by atoms with E-state index in [-0.39, 0.29) is 68.5 Å². The van der Waals surface area contributed by atoms with E-state index >= 15 is 19.2 Å². The largest absolute Gasteiger partial charge is 0.350 e. The Balaban J connectivity index is 0.640. The molecule has 0 radical (unpaired) electrons. The highest BCUT2D eigenvalue weighted by Gasteiger charge is 2.53. The number of hydrogen-bond acceptors (Lipinski definition) is 15. The molecule has 0 fully saturated rings. The number of thiophene rings is 8. The number of carbonyl (C=O) groups excluding carboxylic acids is 6. The normalized spacial score (nSPS) is 15.9. The molecule has 21 heteroatoms. The zero-order valence-electron chi connectivity index (χ0n) is 77.6. The summed E-state index contributed by atoms with van der Waals surface area (Å²) in [6.07, 6.45) is 15.6. The fraction of sp³-hybridized carbons (Fsp3) is 0.398. The summed E-state index contributed by atoms with van der Waals surface area (Å²) in [6, 6.07) is 61.1. The van der Waals surface area contributed by atoms with Gasteiger partial charge in [0.1, 0.15) is 11.4 Å². The van der Waals surface area contributed by atoms with E-state index in [9.17, 15) is 9.59 Å². The molecule has 0 saturated carbocycles. The van der Waals surface area contributed by atoms with E-state index in [4.69, 9.17) is 0 Å². The van der Waals surface area contributed by atoms with E-state index in [1.807, 2.05) is 37.0 Å². The third kappa shape index (κ3) is 19.5. The number of nitrogens with zero attached hydrogens (tertiary/aromatic N) is 5. The monoisotopic (exact) mass is 1870 g/mol. The summed E-state index contributed by atoms with van der Waals surface area (Å²) in [4.78, 5) is 119. The maximum absolute atomic E-state index is 15.7. The lowest BCUT2D eigenvalue weighted by Crippen LogP contribution is -2.41. The SMILES string of the molecule is CCC(C)(c1ccccc1)c1ccc(CCNC(=O)c2cccc(C(=O)NCCc3ccc(-c4ccc(C5=C6C(=O)N(CCCC(C)C)C(c7ccc(C(C)(C)C(C)(CC)c8ccc(/C=C/c9ccc(-c%10ccc(C%11=C%12C(=O)N(CCCC(C)C)C(c%13ccc(C(C)(CC)c%14ccccc%14)s%13)=C%12C(=O)N%11CCCC(C)C)s%10)s9)s8)s7)=C6C(=O)N5CCCC(C)C)s4)s3)n2)s1. The molecule has 4 aliphatic heterocycles. The van der Waals surface area contributed by atoms with Crippen LogP contribution in [-0.2, 0) is 53.7 Å². The third-order valence-electron chi connectivity index (χ3n) is 26.9. The van der Waals surface area contributed by atoms with Crippen LogP contribution in [0.25, 0.3) is 54.4 Å². The molecule has 0 spiro atoms. The average Bonchev–Trinajstić information content (AvgIpc) is 1.55. The molecular weight excluding hydrogens is 1750 g/mol. The van der Waals surface area contributed by atoms with Crippen LogP contribution in [0.4, 0.5) is 0 Å². The van der Waals surface area contributed by atoms with Crippen LogP contribution in [0.1, 0.15) is 272 Å². The number of pyridine rings is 1. The van der Waals surface area contributed by atoms with Crippen molar-refractivity contribution in [2.45, 2.75) is 216 Å². The Bertz CT molecular complexity index is 6100. The Morgan fingerprint density at radius 1 is 0.349 bits per heavy atom. The molecule has 9 aromatic heterocycles. The summed E-state index contributed by atoms with van der Waals surface area (Å²) in [6.45, 7) is 39.1. The van der Waals surface area contributed by atoms with Crippen molar-refractivity contribution in [2.75, 3.05) is 39.3 Å². The van der Waals surface area contributed by atoms with E-state index in [2.05, 4.69) is 290 Å². The van der Waals surface area contributed by atoms with Gasteiger partial charge in [-0.1, -0.05) is 178 Å². The first-order valence-corrected chi connectivity index (χ1v) is 52.9. The lowest BCUT2D eigenvalue weighted by molar-refractivity contribution is -0.124. The smallest absolute Gasteiger partial charge is 0.269 e. The van der Waals surface area contributed by atoms with E-state index in [0.717, 1.165) is 141 Å². The van der Waals surface area contributed by atoms with Crippen molar-refractivity contribution < 1.29 is 28.8 Å². The number of amides is 6. The number of rotatable bonds is 42. The van der Waals surface area contributed by atoms with Crippen LogP contribution in [0.15, 0.2) is 198 Å². The lowest BCUT2D eigenvalue weighted by Gasteiger charge is -2.43. The van der Waals surface area contributed by atoms with Crippen molar-refractivity contribution in [2.24, 2.45) is 23.7 Å². The molecule has 129 heavy (non-hydrogen) atoms. The van der Waals surface area contributed by atoms with E-state index in [1.54, 1.807) is 97.6 Å². The molecule has 4 aliphatic rings. The van der Waals surface area contributed by atoms with E-state index in [1.165, 1.54) is 35.5 Å². The Hall–Kier alpha value is -9.29. The maximum atomic E-state index is 15.7. The molecule has 674 valence electrons. The van der Waals surface area contributed by atoms with Crippen LogP contribution in [0.2, 0.25) is 0 Å². The van der Waals surface area contributed by atoms with Gasteiger partial charge in [0.05, 0.1) is 64.6 Å². The van der Waals surface area contributed by atoms with Crippen LogP contribution < -0.4 is 10.6 Å². The molecule has 3 atom stereocenters. The average molecular weight is 1870 g/mol. The number of fused-ring (bicyclic) bond motifs is 2. The first-order chi connectivity index (χ1) is 62.0. The fourth-order valence-electron chi connectivity index (χ4n) is 18.3. The number of aromatic nitrogens is 1. The van der Waals surface area contributed by atoms with E-state index in [0.29, 0.717) is 104 Å². The molecule has 0 bridgehead atoms. The predicted molar refractivity (Wildman–Crippen MR) is 546 cm³/mol. The molecule has 0 aliphatic carbocycles. The van der Waals surface area contributed by atoms with Crippen LogP contribution in [-0.4, -0.2) is 99.3 Å². The molecule has 2 aromatic carbocycles. The molecule has 0 saturated heterocycles. The van der Waals surface area contributed by atoms with Crippen molar-refractivity contribution >= 4 is 161 Å². The van der Waals surface area contributed by atoms with Gasteiger partial charge < -0.3 is 30.2 Å². The Morgan fingerprint density at radius 2 is 0.682 bits per heavy atom. The van der Waals surface area contributed by atoms with Crippen LogP contribution >= 0.6 is 90.7 Å². The van der Waals surface area contributed by atoms with Crippen LogP contribution in [0, 0.1) is 23.7 Å². The minimum Gasteiger partial charge on any atom is -0.350 e. The highest BCUT2D eigenvalue weighted by atomic mass is 32.1. The molecule has 2 N–H and O–H groups in total. The standard InChI is InChI=1S/C108H123N7O6S8/c1-17-106(14,71-35-22-20-23-36-71)88-55-45-76(124-88)60-62-110-100(117)78-40-26-39-77(111-78)99(116)109-61-59-75-44-48-80(123-75)82-50-52-84(127-82)95-91-93(103(120)112(95)63-27-31-67(4)5)97(114(101(91)118)65-29-33-69(8)9)85-53-57-87(128-85)105(12,13)108(16,19-3)90-56-46-74(125-90)42-41-73-43-47-79(122-73)81-49-51-83(126-81)96-92-94(104(121)113(96)64-28-32-68(6)7)98(115(102(92)119)66-30-34-70(10)11)86-54-58-89(129-86)107(15,18-2)72-37-24-21-25-38-72/h20-26,35-58,67-70H,17-19,27-34,59-66H2,1-16H3,(H,109,116)(H,110,117)/b42-41+. The predicted octanol–water partition coefficient (Wildman–Crippen LogP) is 27.5. The van der Waals surface area contributed by atoms with Crippen LogP contribution in [0.3, 0.4) is 0 Å². The van der Waals surface area contributed by atoms with Gasteiger partial charge in [-0.05, 0) is 240 Å². The van der Waals surface area contributed by atoms with Crippen molar-refractivity contribution in [3.63, 3.8) is 0 Å². The zero-order valence-corrected chi connectivity index (χ0v) is 84.1. The second-order valence-corrected chi connectivity index (χ2v) is 46.5. The van der Waals surface area contributed by atoms with Gasteiger partial charge in [0.15, 0.2) is 0 Å². The highest BCUT2D eigenvalue weighted by Crippen LogP contribution is 2.56. The highest BCUT2D eigenvalue weighted by molar-refractivity contribution is 7.23. The second-order valence-electron chi connectivity index (χ2n) is 37.6. The topological polar surface area (TPSA) is 152 Å². The van der Waals surface area contributed by atoms with Gasteiger partial charge in [0.2, 0.25) is 0 Å². The molecular formula is C108H123N7O6S8. The molecule has 13 heterocycles. The van der Waals surface area contributed by atoms with Gasteiger partial charge in [0, 0.05) is 119 Å². The zero-order chi connectivity index (χ0) is 91.4. The molecule has 15 rings (SSSR count). The minimum atomic E-state index is -0.382. The fourth-order valence-corrected chi connectivity index (χ4v) is 27.7. The minimum absolute atomic E-state index is 0.0766. The number of hydrogen-bond donors (Lipinski definition) is 2. The third-order valence-corrected chi connectivity index (χ3v) is 37.2. The first kappa shape index (κ1) is 94.4. The van der Waals surface area contributed by atoms with Crippen molar-refractivity contribution in [3.8, 4) is 19.5 Å². The Kier molecular flexibility index (Phi) is 29.6. The Labute approximate surface area is 796 Å². The number of benzene rings is 2. The summed E-state index contributed by atoms with van der Waals surface area (Å²) in [5.41, 5.74) is 6.92. The first-order valence-electron chi connectivity index (χ1n) is 46.4. The molecule has 3 unspecified atom stereocenters. The molecule has 13 nitrogen and oxygen atoms in total. The molecule has 6 amide bonds. The number of nitrogens with one attached hydrogen (secondary N) is 2. The van der Waals surface area contributed by atoms with Gasteiger partial charge in [-0.2, -0.15) is 0 Å². The van der Waals surface area contributed by atoms with Gasteiger partial charge in [-0.25, -0.2) is 4.98 Å². The second kappa shape index (κ2) is 40.4. The number of carbonyl (C=O) groups is 6. The molecule has 11 aromatic rings. The lowest BCUT2D eigenvalue weighted by atomic mass is 9.63. The van der Waals surface area contributed by atoms with E-state index < -0.39 is 0 Å². The summed E-state index contributed by atoms with van der Waals surface area (Å²) in [5, 5.41) is 6.06.